The van der Waals surface area contributed by atoms with Gasteiger partial charge in [-0.3, -0.25) is 9.78 Å². The zero-order chi connectivity index (χ0) is 16.7. The van der Waals surface area contributed by atoms with Crippen molar-refractivity contribution in [2.24, 2.45) is 5.92 Å². The zero-order valence-electron chi connectivity index (χ0n) is 13.7. The van der Waals surface area contributed by atoms with Crippen LogP contribution in [0, 0.1) is 5.92 Å². The van der Waals surface area contributed by atoms with Gasteiger partial charge < -0.3 is 9.47 Å². The highest BCUT2D eigenvalue weighted by molar-refractivity contribution is 5.75. The molecular weight excluding hydrogens is 290 g/mol. The normalized spacial score (nSPS) is 11.0. The van der Waals surface area contributed by atoms with Gasteiger partial charge in [0.25, 0.3) is 0 Å². The molecule has 120 valence electrons. The second-order valence-corrected chi connectivity index (χ2v) is 5.60. The van der Waals surface area contributed by atoms with E-state index in [0.29, 0.717) is 17.9 Å². The number of ether oxygens (including phenoxy) is 2. The van der Waals surface area contributed by atoms with Crippen LogP contribution in [0.15, 0.2) is 42.7 Å². The van der Waals surface area contributed by atoms with E-state index in [2.05, 4.69) is 4.98 Å². The van der Waals surface area contributed by atoms with Gasteiger partial charge in [0.15, 0.2) is 11.5 Å². The summed E-state index contributed by atoms with van der Waals surface area (Å²) < 4.78 is 10.7. The van der Waals surface area contributed by atoms with E-state index in [0.717, 1.165) is 11.1 Å². The molecule has 1 aromatic carbocycles. The van der Waals surface area contributed by atoms with E-state index in [1.165, 1.54) is 0 Å². The maximum atomic E-state index is 11.8. The zero-order valence-corrected chi connectivity index (χ0v) is 13.7. The number of hydrogen-bond acceptors (Lipinski definition) is 4. The van der Waals surface area contributed by atoms with E-state index in [-0.39, 0.29) is 11.9 Å². The first kappa shape index (κ1) is 16.7. The summed E-state index contributed by atoms with van der Waals surface area (Å²) in [5.74, 6) is 0.993. The van der Waals surface area contributed by atoms with Crippen molar-refractivity contribution in [3.8, 4) is 11.5 Å². The van der Waals surface area contributed by atoms with Gasteiger partial charge in [0.05, 0.1) is 7.11 Å². The number of methoxy groups -OCH3 is 1. The minimum atomic E-state index is -0.252. The molecule has 0 fully saturated rings. The SMILES string of the molecule is COc1cc(/C=C/c2ccncc2)ccc1OC(=O)CC(C)C. The minimum absolute atomic E-state index is 0.252. The van der Waals surface area contributed by atoms with Gasteiger partial charge in [-0.2, -0.15) is 0 Å². The summed E-state index contributed by atoms with van der Waals surface area (Å²) >= 11 is 0. The Bertz CT molecular complexity index is 678. The van der Waals surface area contributed by atoms with E-state index in [1.807, 2.05) is 50.3 Å². The van der Waals surface area contributed by atoms with Crippen molar-refractivity contribution in [2.75, 3.05) is 7.11 Å². The minimum Gasteiger partial charge on any atom is -0.493 e. The topological polar surface area (TPSA) is 48.4 Å². The maximum Gasteiger partial charge on any atom is 0.311 e. The van der Waals surface area contributed by atoms with Gasteiger partial charge in [0, 0.05) is 18.8 Å². The van der Waals surface area contributed by atoms with Gasteiger partial charge in [-0.25, -0.2) is 0 Å². The number of hydrogen-bond donors (Lipinski definition) is 0. The molecule has 4 nitrogen and oxygen atoms in total. The molecule has 0 spiro atoms. The van der Waals surface area contributed by atoms with Gasteiger partial charge in [0.2, 0.25) is 0 Å². The van der Waals surface area contributed by atoms with Crippen LogP contribution in [0.2, 0.25) is 0 Å². The highest BCUT2D eigenvalue weighted by atomic mass is 16.6. The van der Waals surface area contributed by atoms with E-state index < -0.39 is 0 Å². The van der Waals surface area contributed by atoms with Crippen molar-refractivity contribution in [2.45, 2.75) is 20.3 Å². The highest BCUT2D eigenvalue weighted by Crippen LogP contribution is 2.29. The standard InChI is InChI=1S/C19H21NO3/c1-14(2)12-19(21)23-17-7-6-16(13-18(17)22-3)5-4-15-8-10-20-11-9-15/h4-11,13-14H,12H2,1-3H3/b5-4+. The molecule has 0 unspecified atom stereocenters. The Hall–Kier alpha value is -2.62. The Morgan fingerprint density at radius 2 is 1.78 bits per heavy atom. The molecule has 1 aromatic heterocycles. The van der Waals surface area contributed by atoms with E-state index in [4.69, 9.17) is 9.47 Å². The second-order valence-electron chi connectivity index (χ2n) is 5.60. The van der Waals surface area contributed by atoms with E-state index in [1.54, 1.807) is 25.6 Å². The number of carbonyl (C=O) groups excluding carboxylic acids is 1. The quantitative estimate of drug-likeness (QED) is 0.592. The lowest BCUT2D eigenvalue weighted by molar-refractivity contribution is -0.135. The first-order valence-electron chi connectivity index (χ1n) is 7.55. The van der Waals surface area contributed by atoms with Gasteiger partial charge in [-0.05, 0) is 41.3 Å². The molecule has 0 saturated heterocycles. The third kappa shape index (κ3) is 5.25. The summed E-state index contributed by atoms with van der Waals surface area (Å²) in [5.41, 5.74) is 2.02. The van der Waals surface area contributed by atoms with E-state index >= 15 is 0 Å². The molecule has 0 amide bonds. The van der Waals surface area contributed by atoms with Crippen molar-refractivity contribution < 1.29 is 14.3 Å². The van der Waals surface area contributed by atoms with Crippen LogP contribution in [0.5, 0.6) is 11.5 Å². The first-order valence-corrected chi connectivity index (χ1v) is 7.55. The number of esters is 1. The molecule has 2 rings (SSSR count). The largest absolute Gasteiger partial charge is 0.493 e. The van der Waals surface area contributed by atoms with Gasteiger partial charge in [0.1, 0.15) is 0 Å². The van der Waals surface area contributed by atoms with Crippen molar-refractivity contribution in [1.29, 1.82) is 0 Å². The van der Waals surface area contributed by atoms with Crippen LogP contribution in [0.3, 0.4) is 0 Å². The van der Waals surface area contributed by atoms with Gasteiger partial charge in [-0.1, -0.05) is 32.1 Å². The number of aromatic nitrogens is 1. The lowest BCUT2D eigenvalue weighted by Gasteiger charge is -2.11. The summed E-state index contributed by atoms with van der Waals surface area (Å²) in [7, 11) is 1.56. The molecule has 0 N–H and O–H groups in total. The predicted octanol–water partition coefficient (Wildman–Crippen LogP) is 4.21. The molecule has 4 heteroatoms. The van der Waals surface area contributed by atoms with Crippen molar-refractivity contribution >= 4 is 18.1 Å². The highest BCUT2D eigenvalue weighted by Gasteiger charge is 2.11. The molecule has 0 radical (unpaired) electrons. The van der Waals surface area contributed by atoms with Crippen molar-refractivity contribution in [3.63, 3.8) is 0 Å². The van der Waals surface area contributed by atoms with Crippen LogP contribution >= 0.6 is 0 Å². The molecule has 0 bridgehead atoms. The summed E-state index contributed by atoms with van der Waals surface area (Å²) in [6.07, 6.45) is 7.83. The lowest BCUT2D eigenvalue weighted by atomic mass is 10.1. The average molecular weight is 311 g/mol. The fourth-order valence-electron chi connectivity index (χ4n) is 2.04. The van der Waals surface area contributed by atoms with E-state index in [9.17, 15) is 4.79 Å². The van der Waals surface area contributed by atoms with Crippen LogP contribution in [-0.4, -0.2) is 18.1 Å². The maximum absolute atomic E-state index is 11.8. The molecule has 0 saturated carbocycles. The van der Waals surface area contributed by atoms with Crippen LogP contribution < -0.4 is 9.47 Å². The third-order valence-electron chi connectivity index (χ3n) is 3.16. The first-order chi connectivity index (χ1) is 11.1. The number of rotatable bonds is 6. The number of benzene rings is 1. The monoisotopic (exact) mass is 311 g/mol. The van der Waals surface area contributed by atoms with Crippen molar-refractivity contribution in [3.05, 3.63) is 53.9 Å². The summed E-state index contributed by atoms with van der Waals surface area (Å²) in [5, 5.41) is 0. The van der Waals surface area contributed by atoms with Gasteiger partial charge >= 0.3 is 5.97 Å². The van der Waals surface area contributed by atoms with Crippen LogP contribution in [0.25, 0.3) is 12.2 Å². The molecule has 23 heavy (non-hydrogen) atoms. The van der Waals surface area contributed by atoms with Crippen LogP contribution in [0.1, 0.15) is 31.4 Å². The lowest BCUT2D eigenvalue weighted by Crippen LogP contribution is -2.11. The number of nitrogens with zero attached hydrogens (tertiary/aromatic N) is 1. The molecule has 0 aliphatic rings. The Morgan fingerprint density at radius 3 is 2.43 bits per heavy atom. The van der Waals surface area contributed by atoms with Crippen LogP contribution in [0.4, 0.5) is 0 Å². The molecular formula is C19H21NO3. The Labute approximate surface area is 136 Å². The molecule has 0 atom stereocenters. The van der Waals surface area contributed by atoms with Crippen molar-refractivity contribution in [1.82, 2.24) is 4.98 Å². The van der Waals surface area contributed by atoms with Crippen LogP contribution in [-0.2, 0) is 4.79 Å². The summed E-state index contributed by atoms with van der Waals surface area (Å²) in [6.45, 7) is 3.96. The fraction of sp³-hybridized carbons (Fsp3) is 0.263. The molecule has 0 aliphatic heterocycles. The average Bonchev–Trinajstić information content (AvgIpc) is 2.54. The second kappa shape index (κ2) is 8.13. The molecule has 0 aliphatic carbocycles. The number of carbonyl (C=O) groups is 1. The number of pyridine rings is 1. The predicted molar refractivity (Wildman–Crippen MR) is 91.2 cm³/mol. The summed E-state index contributed by atoms with van der Waals surface area (Å²) in [6, 6.07) is 9.34. The summed E-state index contributed by atoms with van der Waals surface area (Å²) in [4.78, 5) is 15.8. The Kier molecular flexibility index (Phi) is 5.92. The molecule has 2 aromatic rings. The Balaban J connectivity index is 2.13. The third-order valence-corrected chi connectivity index (χ3v) is 3.16. The fourth-order valence-corrected chi connectivity index (χ4v) is 2.04. The Morgan fingerprint density at radius 1 is 1.09 bits per heavy atom. The molecule has 1 heterocycles. The van der Waals surface area contributed by atoms with Gasteiger partial charge in [-0.15, -0.1) is 0 Å². The smallest absolute Gasteiger partial charge is 0.311 e.